The summed E-state index contributed by atoms with van der Waals surface area (Å²) in [5, 5.41) is 6.23. The summed E-state index contributed by atoms with van der Waals surface area (Å²) in [7, 11) is 0. The van der Waals surface area contributed by atoms with Gasteiger partial charge in [-0.05, 0) is 61.0 Å². The van der Waals surface area contributed by atoms with Crippen LogP contribution in [0.15, 0.2) is 38.6 Å². The first-order valence-corrected chi connectivity index (χ1v) is 7.87. The van der Waals surface area contributed by atoms with Gasteiger partial charge in [-0.3, -0.25) is 0 Å². The third-order valence-electron chi connectivity index (χ3n) is 2.29. The summed E-state index contributed by atoms with van der Waals surface area (Å²) in [6.45, 7) is 1.68. The molecule has 0 radical (unpaired) electrons. The fraction of sp³-hybridized carbons (Fsp3) is 0.167. The Morgan fingerprint density at radius 2 is 1.94 bits per heavy atom. The van der Waals surface area contributed by atoms with Crippen LogP contribution in [-0.4, -0.2) is 0 Å². The molecule has 0 bridgehead atoms. The van der Waals surface area contributed by atoms with Crippen LogP contribution in [0.5, 0.6) is 0 Å². The lowest BCUT2D eigenvalue weighted by Gasteiger charge is -2.05. The number of hydrogen-bond donors (Lipinski definition) is 1. The largest absolute Gasteiger partial charge is 0.308 e. The van der Waals surface area contributed by atoms with E-state index in [1.807, 2.05) is 12.1 Å². The van der Waals surface area contributed by atoms with Crippen LogP contribution in [0.25, 0.3) is 0 Å². The Labute approximate surface area is 126 Å². The SMILES string of the molecule is Clc1cc(CNCc2sccc2Br)ccc1Br. The van der Waals surface area contributed by atoms with Gasteiger partial charge >= 0.3 is 0 Å². The second-order valence-corrected chi connectivity index (χ2v) is 6.66. The lowest BCUT2D eigenvalue weighted by molar-refractivity contribution is 0.699. The molecule has 0 fully saturated rings. The van der Waals surface area contributed by atoms with Gasteiger partial charge in [-0.25, -0.2) is 0 Å². The highest BCUT2D eigenvalue weighted by Gasteiger charge is 2.02. The first-order valence-electron chi connectivity index (χ1n) is 5.03. The molecule has 1 N–H and O–H groups in total. The van der Waals surface area contributed by atoms with Crippen molar-refractivity contribution in [3.8, 4) is 0 Å². The Morgan fingerprint density at radius 1 is 1.12 bits per heavy atom. The molecule has 0 amide bonds. The minimum atomic E-state index is 0.751. The predicted molar refractivity (Wildman–Crippen MR) is 81.7 cm³/mol. The molecule has 0 aliphatic heterocycles. The molecule has 0 unspecified atom stereocenters. The molecule has 1 aromatic heterocycles. The van der Waals surface area contributed by atoms with Crippen LogP contribution in [0.4, 0.5) is 0 Å². The van der Waals surface area contributed by atoms with E-state index < -0.39 is 0 Å². The summed E-state index contributed by atoms with van der Waals surface area (Å²) >= 11 is 14.7. The molecule has 1 nitrogen and oxygen atoms in total. The molecule has 1 heterocycles. The third-order valence-corrected chi connectivity index (χ3v) is 5.45. The molecule has 5 heteroatoms. The summed E-state index contributed by atoms with van der Waals surface area (Å²) in [5.74, 6) is 0. The maximum atomic E-state index is 6.04. The predicted octanol–water partition coefficient (Wildman–Crippen LogP) is 5.22. The van der Waals surface area contributed by atoms with Crippen molar-refractivity contribution in [3.05, 3.63) is 54.1 Å². The van der Waals surface area contributed by atoms with Crippen molar-refractivity contribution in [2.45, 2.75) is 13.1 Å². The summed E-state index contributed by atoms with van der Waals surface area (Å²) in [5.41, 5.74) is 1.19. The van der Waals surface area contributed by atoms with Gasteiger partial charge in [0.25, 0.3) is 0 Å². The van der Waals surface area contributed by atoms with Crippen molar-refractivity contribution in [3.63, 3.8) is 0 Å². The number of nitrogens with one attached hydrogen (secondary N) is 1. The second-order valence-electron chi connectivity index (χ2n) is 3.54. The van der Waals surface area contributed by atoms with Crippen molar-refractivity contribution < 1.29 is 0 Å². The van der Waals surface area contributed by atoms with E-state index in [0.717, 1.165) is 22.6 Å². The highest BCUT2D eigenvalue weighted by Crippen LogP contribution is 2.24. The lowest BCUT2D eigenvalue weighted by Crippen LogP contribution is -2.11. The Kier molecular flexibility index (Phi) is 5.06. The maximum absolute atomic E-state index is 6.04. The van der Waals surface area contributed by atoms with Gasteiger partial charge in [0, 0.05) is 26.9 Å². The van der Waals surface area contributed by atoms with Crippen LogP contribution in [0, 0.1) is 0 Å². The smallest absolute Gasteiger partial charge is 0.0551 e. The average Bonchev–Trinajstić information content (AvgIpc) is 2.70. The first kappa shape index (κ1) is 13.6. The van der Waals surface area contributed by atoms with Gasteiger partial charge in [0.2, 0.25) is 0 Å². The van der Waals surface area contributed by atoms with Gasteiger partial charge in [0.15, 0.2) is 0 Å². The van der Waals surface area contributed by atoms with Crippen molar-refractivity contribution in [1.29, 1.82) is 0 Å². The van der Waals surface area contributed by atoms with Gasteiger partial charge in [-0.1, -0.05) is 17.7 Å². The van der Waals surface area contributed by atoms with E-state index in [1.54, 1.807) is 11.3 Å². The van der Waals surface area contributed by atoms with Gasteiger partial charge in [0.1, 0.15) is 0 Å². The van der Waals surface area contributed by atoms with Crippen molar-refractivity contribution in [2.75, 3.05) is 0 Å². The highest BCUT2D eigenvalue weighted by molar-refractivity contribution is 9.10. The summed E-state index contributed by atoms with van der Waals surface area (Å²) in [6, 6.07) is 8.08. The van der Waals surface area contributed by atoms with Gasteiger partial charge < -0.3 is 5.32 Å². The molecular weight excluding hydrogens is 385 g/mol. The van der Waals surface area contributed by atoms with Crippen LogP contribution in [-0.2, 0) is 13.1 Å². The Bertz CT molecular complexity index is 513. The fourth-order valence-electron chi connectivity index (χ4n) is 1.42. The Morgan fingerprint density at radius 3 is 2.59 bits per heavy atom. The zero-order chi connectivity index (χ0) is 12.3. The molecule has 17 heavy (non-hydrogen) atoms. The quantitative estimate of drug-likeness (QED) is 0.749. The molecule has 90 valence electrons. The van der Waals surface area contributed by atoms with E-state index >= 15 is 0 Å². The summed E-state index contributed by atoms with van der Waals surface area (Å²) in [6.07, 6.45) is 0. The van der Waals surface area contributed by atoms with Crippen LogP contribution < -0.4 is 5.32 Å². The van der Waals surface area contributed by atoms with Gasteiger partial charge in [-0.15, -0.1) is 11.3 Å². The van der Waals surface area contributed by atoms with Crippen LogP contribution in [0.3, 0.4) is 0 Å². The normalized spacial score (nSPS) is 10.8. The van der Waals surface area contributed by atoms with E-state index in [-0.39, 0.29) is 0 Å². The number of benzene rings is 1. The zero-order valence-corrected chi connectivity index (χ0v) is 13.6. The maximum Gasteiger partial charge on any atom is 0.0551 e. The van der Waals surface area contributed by atoms with Crippen molar-refractivity contribution >= 4 is 54.8 Å². The molecule has 0 saturated heterocycles. The molecule has 0 aliphatic carbocycles. The molecule has 2 rings (SSSR count). The minimum Gasteiger partial charge on any atom is -0.308 e. The zero-order valence-electron chi connectivity index (χ0n) is 8.84. The van der Waals surface area contributed by atoms with E-state index in [0.29, 0.717) is 0 Å². The fourth-order valence-corrected chi connectivity index (χ4v) is 3.33. The molecule has 1 aromatic carbocycles. The topological polar surface area (TPSA) is 12.0 Å². The minimum absolute atomic E-state index is 0.751. The van der Waals surface area contributed by atoms with E-state index in [2.05, 4.69) is 54.7 Å². The Hall–Kier alpha value is 0.130. The van der Waals surface area contributed by atoms with Crippen LogP contribution in [0.1, 0.15) is 10.4 Å². The molecule has 0 atom stereocenters. The standard InChI is InChI=1S/C12H10Br2ClNS/c13-9-2-1-8(5-11(9)15)6-16-7-12-10(14)3-4-17-12/h1-5,16H,6-7H2. The average molecular weight is 396 g/mol. The highest BCUT2D eigenvalue weighted by atomic mass is 79.9. The van der Waals surface area contributed by atoms with Gasteiger partial charge in [-0.2, -0.15) is 0 Å². The van der Waals surface area contributed by atoms with Crippen LogP contribution >= 0.6 is 54.8 Å². The van der Waals surface area contributed by atoms with E-state index in [1.165, 1.54) is 14.9 Å². The number of rotatable bonds is 4. The second kappa shape index (κ2) is 6.34. The number of thiophene rings is 1. The number of hydrogen-bond acceptors (Lipinski definition) is 2. The van der Waals surface area contributed by atoms with Crippen LogP contribution in [0.2, 0.25) is 5.02 Å². The molecule has 0 spiro atoms. The van der Waals surface area contributed by atoms with Gasteiger partial charge in [0.05, 0.1) is 5.02 Å². The molecular formula is C12H10Br2ClNS. The molecule has 0 aliphatic rings. The van der Waals surface area contributed by atoms with Crippen molar-refractivity contribution in [1.82, 2.24) is 5.32 Å². The third kappa shape index (κ3) is 3.80. The number of halogens is 3. The molecule has 0 saturated carbocycles. The summed E-state index contributed by atoms with van der Waals surface area (Å²) < 4.78 is 2.10. The summed E-state index contributed by atoms with van der Waals surface area (Å²) in [4.78, 5) is 1.31. The lowest BCUT2D eigenvalue weighted by atomic mass is 10.2. The molecule has 2 aromatic rings. The first-order chi connectivity index (χ1) is 8.16. The monoisotopic (exact) mass is 393 g/mol. The van der Waals surface area contributed by atoms with E-state index in [9.17, 15) is 0 Å². The van der Waals surface area contributed by atoms with E-state index in [4.69, 9.17) is 11.6 Å². The Balaban J connectivity index is 1.90. The van der Waals surface area contributed by atoms with Crippen molar-refractivity contribution in [2.24, 2.45) is 0 Å².